The van der Waals surface area contributed by atoms with Crippen LogP contribution in [-0.4, -0.2) is 75.2 Å². The summed E-state index contributed by atoms with van der Waals surface area (Å²) < 4.78 is 9.58. The van der Waals surface area contributed by atoms with E-state index in [-0.39, 0.29) is 36.7 Å². The second-order valence-electron chi connectivity index (χ2n) is 9.23. The molecule has 0 fully saturated rings. The normalized spacial score (nSPS) is 15.0. The zero-order chi connectivity index (χ0) is 25.6. The van der Waals surface area contributed by atoms with Crippen LogP contribution in [0.4, 0.5) is 0 Å². The largest absolute Gasteiger partial charge is 0.468 e. The van der Waals surface area contributed by atoms with Crippen LogP contribution in [0.15, 0.2) is 0 Å². The maximum atomic E-state index is 12.4. The first-order valence-electron chi connectivity index (χ1n) is 11.6. The van der Waals surface area contributed by atoms with Crippen LogP contribution in [0.3, 0.4) is 0 Å². The van der Waals surface area contributed by atoms with Crippen molar-refractivity contribution in [3.8, 4) is 0 Å². The van der Waals surface area contributed by atoms with Crippen molar-refractivity contribution in [2.75, 3.05) is 27.3 Å². The zero-order valence-electron chi connectivity index (χ0n) is 21.5. The highest BCUT2D eigenvalue weighted by Crippen LogP contribution is 2.12. The Bertz CT molecular complexity index is 588. The third-order valence-electron chi connectivity index (χ3n) is 5.47. The van der Waals surface area contributed by atoms with Gasteiger partial charge in [0.05, 0.1) is 27.1 Å². The smallest absolute Gasteiger partial charge is 0.323 e. The Morgan fingerprint density at radius 2 is 1.06 bits per heavy atom. The molecule has 0 saturated carbocycles. The number of carbonyl (C=O) groups is 4. The van der Waals surface area contributed by atoms with Crippen LogP contribution in [0.5, 0.6) is 0 Å². The summed E-state index contributed by atoms with van der Waals surface area (Å²) in [5, 5.41) is 11.8. The highest BCUT2D eigenvalue weighted by molar-refractivity contribution is 5.86. The molecule has 0 saturated heterocycles. The van der Waals surface area contributed by atoms with Crippen molar-refractivity contribution < 1.29 is 28.7 Å². The van der Waals surface area contributed by atoms with Gasteiger partial charge >= 0.3 is 11.9 Å². The van der Waals surface area contributed by atoms with Gasteiger partial charge in [-0.25, -0.2) is 0 Å². The molecule has 0 aromatic rings. The topological polar surface area (TPSA) is 135 Å². The maximum absolute atomic E-state index is 12.4. The second-order valence-corrected chi connectivity index (χ2v) is 9.23. The highest BCUT2D eigenvalue weighted by atomic mass is 16.5. The van der Waals surface area contributed by atoms with E-state index in [1.54, 1.807) is 0 Å². The van der Waals surface area contributed by atoms with Crippen LogP contribution < -0.4 is 21.3 Å². The van der Waals surface area contributed by atoms with Gasteiger partial charge in [-0.15, -0.1) is 0 Å². The minimum atomic E-state index is -0.721. The van der Waals surface area contributed by atoms with Gasteiger partial charge in [0.15, 0.2) is 0 Å². The van der Waals surface area contributed by atoms with Gasteiger partial charge in [-0.1, -0.05) is 27.7 Å². The van der Waals surface area contributed by atoms with Crippen molar-refractivity contribution in [2.24, 2.45) is 5.41 Å². The molecule has 0 aromatic heterocycles. The molecule has 0 aliphatic heterocycles. The highest BCUT2D eigenvalue weighted by Gasteiger charge is 2.27. The van der Waals surface area contributed by atoms with Crippen molar-refractivity contribution in [3.63, 3.8) is 0 Å². The van der Waals surface area contributed by atoms with Crippen molar-refractivity contribution in [2.45, 2.75) is 91.4 Å². The van der Waals surface area contributed by atoms with Gasteiger partial charge in [0.25, 0.3) is 0 Å². The van der Waals surface area contributed by atoms with E-state index in [0.29, 0.717) is 13.1 Å². The first kappa shape index (κ1) is 30.8. The third-order valence-corrected chi connectivity index (χ3v) is 5.47. The van der Waals surface area contributed by atoms with E-state index in [1.807, 2.05) is 41.5 Å². The summed E-state index contributed by atoms with van der Waals surface area (Å²) >= 11 is 0. The van der Waals surface area contributed by atoms with Crippen LogP contribution in [0.2, 0.25) is 0 Å². The first-order chi connectivity index (χ1) is 15.4. The minimum absolute atomic E-state index is 0.0401. The summed E-state index contributed by atoms with van der Waals surface area (Å²) in [6.45, 7) is 12.2. The lowest BCUT2D eigenvalue weighted by Crippen LogP contribution is -2.48. The Balaban J connectivity index is 4.70. The molecule has 0 aliphatic carbocycles. The summed E-state index contributed by atoms with van der Waals surface area (Å²) in [4.78, 5) is 48.8. The molecular weight excluding hydrogens is 428 g/mol. The Morgan fingerprint density at radius 3 is 1.33 bits per heavy atom. The molecule has 10 heteroatoms. The third kappa shape index (κ3) is 13.2. The fraction of sp³-hybridized carbons (Fsp3) is 0.826. The lowest BCUT2D eigenvalue weighted by atomic mass is 9.93. The van der Waals surface area contributed by atoms with Gasteiger partial charge in [0, 0.05) is 25.2 Å². The average Bonchev–Trinajstić information content (AvgIpc) is 2.79. The average molecular weight is 473 g/mol. The van der Waals surface area contributed by atoms with E-state index in [1.165, 1.54) is 14.2 Å². The van der Waals surface area contributed by atoms with E-state index in [9.17, 15) is 19.2 Å². The van der Waals surface area contributed by atoms with E-state index >= 15 is 0 Å². The van der Waals surface area contributed by atoms with Gasteiger partial charge in [-0.2, -0.15) is 0 Å². The maximum Gasteiger partial charge on any atom is 0.323 e. The van der Waals surface area contributed by atoms with E-state index in [0.717, 1.165) is 12.8 Å². The summed E-state index contributed by atoms with van der Waals surface area (Å²) in [7, 11) is 2.58. The lowest BCUT2D eigenvalue weighted by molar-refractivity contribution is -0.145. The molecule has 4 unspecified atom stereocenters. The molecule has 0 radical (unpaired) electrons. The second kappa shape index (κ2) is 15.6. The van der Waals surface area contributed by atoms with E-state index < -0.39 is 29.4 Å². The molecule has 0 rings (SSSR count). The fourth-order valence-corrected chi connectivity index (χ4v) is 2.88. The molecule has 10 nitrogen and oxygen atoms in total. The zero-order valence-corrected chi connectivity index (χ0v) is 21.5. The fourth-order valence-electron chi connectivity index (χ4n) is 2.88. The van der Waals surface area contributed by atoms with Crippen molar-refractivity contribution in [1.29, 1.82) is 0 Å². The summed E-state index contributed by atoms with van der Waals surface area (Å²) in [6, 6.07) is -1.31. The van der Waals surface area contributed by atoms with Crippen LogP contribution in [0.25, 0.3) is 0 Å². The molecule has 0 aromatic carbocycles. The van der Waals surface area contributed by atoms with Crippen LogP contribution in [0, 0.1) is 5.41 Å². The molecule has 192 valence electrons. The first-order valence-corrected chi connectivity index (χ1v) is 11.6. The Kier molecular flexibility index (Phi) is 14.6. The van der Waals surface area contributed by atoms with Crippen LogP contribution >= 0.6 is 0 Å². The summed E-state index contributed by atoms with van der Waals surface area (Å²) in [5.41, 5.74) is -0.443. The Labute approximate surface area is 198 Å². The Morgan fingerprint density at radius 1 is 0.727 bits per heavy atom. The van der Waals surface area contributed by atoms with Crippen molar-refractivity contribution in [3.05, 3.63) is 0 Å². The van der Waals surface area contributed by atoms with Gasteiger partial charge in [0.2, 0.25) is 11.8 Å². The number of nitrogens with one attached hydrogen (secondary N) is 4. The number of methoxy groups -OCH3 is 2. The molecule has 4 atom stereocenters. The molecule has 4 N–H and O–H groups in total. The molecule has 0 aliphatic rings. The van der Waals surface area contributed by atoms with E-state index in [4.69, 9.17) is 9.47 Å². The molecule has 0 spiro atoms. The van der Waals surface area contributed by atoms with Crippen molar-refractivity contribution in [1.82, 2.24) is 21.3 Å². The van der Waals surface area contributed by atoms with Crippen LogP contribution in [0.1, 0.15) is 67.2 Å². The number of amides is 2. The molecule has 2 amide bonds. The lowest BCUT2D eigenvalue weighted by Gasteiger charge is -2.27. The van der Waals surface area contributed by atoms with Crippen LogP contribution in [-0.2, 0) is 28.7 Å². The Hall–Kier alpha value is -2.20. The predicted molar refractivity (Wildman–Crippen MR) is 126 cm³/mol. The van der Waals surface area contributed by atoms with Gasteiger partial charge in [0.1, 0.15) is 12.1 Å². The summed E-state index contributed by atoms with van der Waals surface area (Å²) in [5.74, 6) is -1.54. The number of esters is 2. The predicted octanol–water partition coefficient (Wildman–Crippen LogP) is 0.885. The van der Waals surface area contributed by atoms with Gasteiger partial charge in [-0.3, -0.25) is 19.2 Å². The number of hydrogen-bond acceptors (Lipinski definition) is 8. The van der Waals surface area contributed by atoms with Gasteiger partial charge in [-0.05, 0) is 32.1 Å². The molecule has 0 heterocycles. The minimum Gasteiger partial charge on any atom is -0.468 e. The van der Waals surface area contributed by atoms with Crippen molar-refractivity contribution >= 4 is 23.8 Å². The number of rotatable bonds is 16. The quantitative estimate of drug-likeness (QED) is 0.243. The SMILES string of the molecule is CCC(C)NC(CC(=O)NCC(C)(C)CNC(=O)CC(NC(C)CC)C(=O)OC)C(=O)OC. The standard InChI is InChI=1S/C23H44N4O6/c1-9-15(3)26-17(21(30)32-7)11-19(28)24-13-23(5,6)14-25-20(29)12-18(22(31)33-8)27-16(4)10-2/h15-18,26-27H,9-14H2,1-8H3,(H,24,28)(H,25,29). The number of carbonyl (C=O) groups excluding carboxylic acids is 4. The molecule has 33 heavy (non-hydrogen) atoms. The summed E-state index contributed by atoms with van der Waals surface area (Å²) in [6.07, 6.45) is 1.54. The molecular formula is C23H44N4O6. The molecule has 0 bridgehead atoms. The van der Waals surface area contributed by atoms with Gasteiger partial charge < -0.3 is 30.7 Å². The number of ether oxygens (including phenoxy) is 2. The van der Waals surface area contributed by atoms with E-state index in [2.05, 4.69) is 21.3 Å². The number of hydrogen-bond donors (Lipinski definition) is 4. The monoisotopic (exact) mass is 472 g/mol.